The predicted molar refractivity (Wildman–Crippen MR) is 54.8 cm³/mol. The zero-order chi connectivity index (χ0) is 14.2. The Hall–Kier alpha value is -2.45. The molecule has 100 valence electrons. The summed E-state index contributed by atoms with van der Waals surface area (Å²) in [5, 5.41) is 3.36. The van der Waals surface area contributed by atoms with E-state index in [9.17, 15) is 22.4 Å². The highest BCUT2D eigenvalue weighted by Crippen LogP contribution is 2.33. The normalized spacial score (nSPS) is 11.6. The monoisotopic (exact) mass is 274 g/mol. The molecule has 2 N–H and O–H groups in total. The van der Waals surface area contributed by atoms with Crippen LogP contribution in [-0.2, 0) is 6.18 Å². The molecule has 19 heavy (non-hydrogen) atoms. The standard InChI is InChI=1S/C10H6F4N4O/c11-6-4-16-2-1-7(6)18-8(10(12,13)14)5(3-17-18)9(15)19/h1-4H,(H2,15,19). The zero-order valence-corrected chi connectivity index (χ0v) is 9.15. The Morgan fingerprint density at radius 3 is 2.53 bits per heavy atom. The summed E-state index contributed by atoms with van der Waals surface area (Å²) in [4.78, 5) is 14.4. The maximum Gasteiger partial charge on any atom is 0.434 e. The fourth-order valence-corrected chi connectivity index (χ4v) is 1.52. The highest BCUT2D eigenvalue weighted by molar-refractivity contribution is 5.94. The summed E-state index contributed by atoms with van der Waals surface area (Å²) in [5.41, 5.74) is 2.11. The Balaban J connectivity index is 2.73. The second-order valence-electron chi connectivity index (χ2n) is 3.51. The van der Waals surface area contributed by atoms with Crippen LogP contribution in [0.3, 0.4) is 0 Å². The van der Waals surface area contributed by atoms with Gasteiger partial charge in [-0.25, -0.2) is 9.07 Å². The minimum absolute atomic E-state index is 0.275. The van der Waals surface area contributed by atoms with E-state index in [2.05, 4.69) is 10.1 Å². The first-order valence-electron chi connectivity index (χ1n) is 4.87. The van der Waals surface area contributed by atoms with E-state index in [0.29, 0.717) is 6.20 Å². The number of halogens is 4. The van der Waals surface area contributed by atoms with Crippen LogP contribution in [-0.4, -0.2) is 20.7 Å². The van der Waals surface area contributed by atoms with Gasteiger partial charge in [-0.1, -0.05) is 0 Å². The average Bonchev–Trinajstić information content (AvgIpc) is 2.73. The van der Waals surface area contributed by atoms with E-state index in [-0.39, 0.29) is 4.68 Å². The summed E-state index contributed by atoms with van der Waals surface area (Å²) < 4.78 is 52.5. The molecular weight excluding hydrogens is 268 g/mol. The molecule has 0 spiro atoms. The number of nitrogens with zero attached hydrogens (tertiary/aromatic N) is 3. The Bertz CT molecular complexity index is 635. The first-order chi connectivity index (χ1) is 8.82. The third-order valence-electron chi connectivity index (χ3n) is 2.28. The summed E-state index contributed by atoms with van der Waals surface area (Å²) in [5.74, 6) is -2.31. The van der Waals surface area contributed by atoms with Crippen molar-refractivity contribution >= 4 is 5.91 Å². The minimum atomic E-state index is -4.91. The Kier molecular flexibility index (Phi) is 2.97. The van der Waals surface area contributed by atoms with Gasteiger partial charge in [-0.05, 0) is 6.07 Å². The highest BCUT2D eigenvalue weighted by atomic mass is 19.4. The van der Waals surface area contributed by atoms with Crippen molar-refractivity contribution in [2.75, 3.05) is 0 Å². The Morgan fingerprint density at radius 1 is 1.32 bits per heavy atom. The molecule has 9 heteroatoms. The van der Waals surface area contributed by atoms with Gasteiger partial charge in [0.2, 0.25) is 0 Å². The molecule has 2 aromatic rings. The van der Waals surface area contributed by atoms with E-state index in [0.717, 1.165) is 18.5 Å². The molecule has 1 amide bonds. The fourth-order valence-electron chi connectivity index (χ4n) is 1.52. The lowest BCUT2D eigenvalue weighted by Crippen LogP contribution is -2.21. The molecule has 2 heterocycles. The van der Waals surface area contributed by atoms with E-state index in [1.165, 1.54) is 0 Å². The lowest BCUT2D eigenvalue weighted by molar-refractivity contribution is -0.143. The van der Waals surface area contributed by atoms with Crippen molar-refractivity contribution in [3.63, 3.8) is 0 Å². The number of carbonyl (C=O) groups is 1. The number of rotatable bonds is 2. The second kappa shape index (κ2) is 4.34. The number of aromatic nitrogens is 3. The predicted octanol–water partition coefficient (Wildman–Crippen LogP) is 1.52. The van der Waals surface area contributed by atoms with Crippen molar-refractivity contribution in [3.8, 4) is 5.69 Å². The lowest BCUT2D eigenvalue weighted by Gasteiger charge is -2.11. The van der Waals surface area contributed by atoms with Crippen molar-refractivity contribution in [1.82, 2.24) is 14.8 Å². The van der Waals surface area contributed by atoms with E-state index < -0.39 is 34.8 Å². The van der Waals surface area contributed by atoms with Crippen LogP contribution >= 0.6 is 0 Å². The van der Waals surface area contributed by atoms with Crippen LogP contribution in [0.15, 0.2) is 24.7 Å². The molecular formula is C10H6F4N4O. The Labute approximate surface area is 103 Å². The van der Waals surface area contributed by atoms with Crippen molar-refractivity contribution in [1.29, 1.82) is 0 Å². The molecule has 0 unspecified atom stereocenters. The maximum atomic E-state index is 13.4. The molecule has 0 bridgehead atoms. The first-order valence-corrected chi connectivity index (χ1v) is 4.87. The van der Waals surface area contributed by atoms with Gasteiger partial charge in [-0.3, -0.25) is 9.78 Å². The number of pyridine rings is 1. The smallest absolute Gasteiger partial charge is 0.365 e. The van der Waals surface area contributed by atoms with Gasteiger partial charge in [0.25, 0.3) is 5.91 Å². The third kappa shape index (κ3) is 2.26. The number of amides is 1. The summed E-state index contributed by atoms with van der Waals surface area (Å²) in [6.07, 6.45) is -2.42. The number of hydrogen-bond donors (Lipinski definition) is 1. The zero-order valence-electron chi connectivity index (χ0n) is 9.15. The highest BCUT2D eigenvalue weighted by Gasteiger charge is 2.40. The number of carbonyl (C=O) groups excluding carboxylic acids is 1. The molecule has 0 radical (unpaired) electrons. The van der Waals surface area contributed by atoms with Crippen LogP contribution in [0.4, 0.5) is 17.6 Å². The van der Waals surface area contributed by atoms with Crippen molar-refractivity contribution in [2.45, 2.75) is 6.18 Å². The summed E-state index contributed by atoms with van der Waals surface area (Å²) in [6, 6.07) is 1.00. The van der Waals surface area contributed by atoms with Crippen LogP contribution in [0, 0.1) is 5.82 Å². The number of primary amides is 1. The van der Waals surface area contributed by atoms with Crippen molar-refractivity contribution in [2.24, 2.45) is 5.73 Å². The minimum Gasteiger partial charge on any atom is -0.365 e. The quantitative estimate of drug-likeness (QED) is 0.844. The second-order valence-corrected chi connectivity index (χ2v) is 3.51. The van der Waals surface area contributed by atoms with E-state index in [1.54, 1.807) is 0 Å². The van der Waals surface area contributed by atoms with Gasteiger partial charge in [0, 0.05) is 6.20 Å². The summed E-state index contributed by atoms with van der Waals surface area (Å²) in [6.45, 7) is 0. The molecule has 0 aliphatic heterocycles. The van der Waals surface area contributed by atoms with Crippen LogP contribution < -0.4 is 5.73 Å². The molecule has 0 aromatic carbocycles. The first kappa shape index (κ1) is 13.0. The van der Waals surface area contributed by atoms with Crippen LogP contribution in [0.1, 0.15) is 16.1 Å². The molecule has 0 saturated carbocycles. The lowest BCUT2D eigenvalue weighted by atomic mass is 10.2. The molecule has 2 rings (SSSR count). The van der Waals surface area contributed by atoms with E-state index in [4.69, 9.17) is 5.73 Å². The van der Waals surface area contributed by atoms with Gasteiger partial charge < -0.3 is 5.73 Å². The van der Waals surface area contributed by atoms with Crippen LogP contribution in [0.2, 0.25) is 0 Å². The molecule has 0 saturated heterocycles. The van der Waals surface area contributed by atoms with Gasteiger partial charge in [0.05, 0.1) is 18.0 Å². The van der Waals surface area contributed by atoms with Gasteiger partial charge in [0.1, 0.15) is 5.69 Å². The summed E-state index contributed by atoms with van der Waals surface area (Å²) in [7, 11) is 0. The maximum absolute atomic E-state index is 13.4. The van der Waals surface area contributed by atoms with Gasteiger partial charge >= 0.3 is 6.18 Å². The molecule has 0 atom stereocenters. The van der Waals surface area contributed by atoms with Crippen molar-refractivity contribution in [3.05, 3.63) is 41.7 Å². The molecule has 0 aliphatic carbocycles. The van der Waals surface area contributed by atoms with Crippen molar-refractivity contribution < 1.29 is 22.4 Å². The topological polar surface area (TPSA) is 73.8 Å². The summed E-state index contributed by atoms with van der Waals surface area (Å²) >= 11 is 0. The Morgan fingerprint density at radius 2 is 2.00 bits per heavy atom. The fraction of sp³-hybridized carbons (Fsp3) is 0.100. The SMILES string of the molecule is NC(=O)c1cnn(-c2ccncc2F)c1C(F)(F)F. The van der Waals surface area contributed by atoms with Gasteiger partial charge in [-0.2, -0.15) is 18.3 Å². The van der Waals surface area contributed by atoms with Gasteiger partial charge in [0.15, 0.2) is 11.5 Å². The van der Waals surface area contributed by atoms with Crippen LogP contribution in [0.5, 0.6) is 0 Å². The van der Waals surface area contributed by atoms with Gasteiger partial charge in [-0.15, -0.1) is 0 Å². The van der Waals surface area contributed by atoms with E-state index >= 15 is 0 Å². The molecule has 0 fully saturated rings. The van der Waals surface area contributed by atoms with Crippen LogP contribution in [0.25, 0.3) is 5.69 Å². The molecule has 2 aromatic heterocycles. The average molecular weight is 274 g/mol. The number of alkyl halides is 3. The third-order valence-corrected chi connectivity index (χ3v) is 2.28. The largest absolute Gasteiger partial charge is 0.434 e. The number of hydrogen-bond acceptors (Lipinski definition) is 3. The van der Waals surface area contributed by atoms with E-state index in [1.807, 2.05) is 0 Å². The molecule has 0 aliphatic rings. The number of nitrogens with two attached hydrogens (primary N) is 1. The molecule has 5 nitrogen and oxygen atoms in total.